The van der Waals surface area contributed by atoms with Crippen molar-refractivity contribution in [3.63, 3.8) is 0 Å². The highest BCUT2D eigenvalue weighted by Gasteiger charge is 2.15. The molecular weight excluding hydrogens is 231 g/mol. The summed E-state index contributed by atoms with van der Waals surface area (Å²) in [5.41, 5.74) is 5.58. The first-order valence-electron chi connectivity index (χ1n) is 5.06. The zero-order chi connectivity index (χ0) is 12.1. The molecule has 88 valence electrons. The summed E-state index contributed by atoms with van der Waals surface area (Å²) in [7, 11) is 0. The molecule has 0 saturated heterocycles. The van der Waals surface area contributed by atoms with Crippen LogP contribution in [0, 0.1) is 5.82 Å². The Balaban J connectivity index is 2.77. The lowest BCUT2D eigenvalue weighted by Gasteiger charge is -2.12. The molecule has 0 bridgehead atoms. The van der Waals surface area contributed by atoms with Gasteiger partial charge in [-0.25, -0.2) is 4.39 Å². The fourth-order valence-electron chi connectivity index (χ4n) is 1.28. The number of nitrogens with one attached hydrogen (secondary N) is 1. The molecule has 0 aromatic heterocycles. The topological polar surface area (TPSA) is 55.1 Å². The van der Waals surface area contributed by atoms with Gasteiger partial charge in [0.15, 0.2) is 0 Å². The summed E-state index contributed by atoms with van der Waals surface area (Å²) < 4.78 is 13.3. The van der Waals surface area contributed by atoms with Crippen LogP contribution >= 0.6 is 11.6 Å². The number of nitrogens with two attached hydrogens (primary N) is 1. The maximum Gasteiger partial charge on any atom is 0.241 e. The molecule has 1 atom stereocenters. The van der Waals surface area contributed by atoms with Gasteiger partial charge >= 0.3 is 0 Å². The van der Waals surface area contributed by atoms with E-state index in [2.05, 4.69) is 5.32 Å². The van der Waals surface area contributed by atoms with Gasteiger partial charge in [0, 0.05) is 0 Å². The molecule has 0 unspecified atom stereocenters. The van der Waals surface area contributed by atoms with Crippen molar-refractivity contribution in [3.8, 4) is 0 Å². The lowest BCUT2D eigenvalue weighted by molar-refractivity contribution is -0.117. The van der Waals surface area contributed by atoms with Crippen molar-refractivity contribution in [1.29, 1.82) is 0 Å². The van der Waals surface area contributed by atoms with Crippen molar-refractivity contribution in [1.82, 2.24) is 0 Å². The van der Waals surface area contributed by atoms with Crippen LogP contribution in [0.1, 0.15) is 19.8 Å². The molecule has 0 aliphatic carbocycles. The zero-order valence-corrected chi connectivity index (χ0v) is 9.72. The van der Waals surface area contributed by atoms with Crippen LogP contribution < -0.4 is 11.1 Å². The number of amides is 1. The fourth-order valence-corrected chi connectivity index (χ4v) is 1.49. The van der Waals surface area contributed by atoms with Gasteiger partial charge in [0.2, 0.25) is 5.91 Å². The first kappa shape index (κ1) is 12.9. The van der Waals surface area contributed by atoms with Crippen LogP contribution in [0.15, 0.2) is 18.2 Å². The Kier molecular flexibility index (Phi) is 4.71. The number of hydrogen-bond acceptors (Lipinski definition) is 2. The summed E-state index contributed by atoms with van der Waals surface area (Å²) in [5.74, 6) is -0.988. The van der Waals surface area contributed by atoms with Gasteiger partial charge in [-0.05, 0) is 18.6 Å². The summed E-state index contributed by atoms with van der Waals surface area (Å²) in [5, 5.41) is 2.56. The van der Waals surface area contributed by atoms with Crippen molar-refractivity contribution in [2.24, 2.45) is 5.73 Å². The second-order valence-electron chi connectivity index (χ2n) is 3.48. The number of para-hydroxylation sites is 1. The minimum absolute atomic E-state index is 0.0132. The van der Waals surface area contributed by atoms with E-state index < -0.39 is 17.8 Å². The molecule has 0 aliphatic heterocycles. The quantitative estimate of drug-likeness (QED) is 0.855. The van der Waals surface area contributed by atoms with Crippen LogP contribution in [-0.4, -0.2) is 11.9 Å². The van der Waals surface area contributed by atoms with E-state index in [1.807, 2.05) is 6.92 Å². The van der Waals surface area contributed by atoms with E-state index in [9.17, 15) is 9.18 Å². The van der Waals surface area contributed by atoms with E-state index in [4.69, 9.17) is 17.3 Å². The van der Waals surface area contributed by atoms with Crippen LogP contribution in [0.4, 0.5) is 10.1 Å². The predicted molar refractivity (Wildman–Crippen MR) is 62.9 cm³/mol. The monoisotopic (exact) mass is 244 g/mol. The lowest BCUT2D eigenvalue weighted by Crippen LogP contribution is -2.35. The van der Waals surface area contributed by atoms with Crippen LogP contribution in [-0.2, 0) is 4.79 Å². The van der Waals surface area contributed by atoms with Gasteiger partial charge in [0.25, 0.3) is 0 Å². The second-order valence-corrected chi connectivity index (χ2v) is 3.89. The highest BCUT2D eigenvalue weighted by molar-refractivity contribution is 6.33. The SMILES string of the molecule is CCC[C@@H](N)C(=O)Nc1c(F)cccc1Cl. The smallest absolute Gasteiger partial charge is 0.241 e. The summed E-state index contributed by atoms with van der Waals surface area (Å²) in [6, 6.07) is 3.57. The van der Waals surface area contributed by atoms with E-state index in [1.54, 1.807) is 0 Å². The molecule has 0 radical (unpaired) electrons. The maximum absolute atomic E-state index is 13.3. The molecule has 3 nitrogen and oxygen atoms in total. The van der Waals surface area contributed by atoms with Gasteiger partial charge in [-0.1, -0.05) is 31.0 Å². The van der Waals surface area contributed by atoms with E-state index in [0.717, 1.165) is 6.42 Å². The standard InChI is InChI=1S/C11H14ClFN2O/c1-2-4-9(14)11(16)15-10-7(12)5-3-6-8(10)13/h3,5-6,9H,2,4,14H2,1H3,(H,15,16)/t9-/m1/s1. The molecule has 0 aliphatic rings. The predicted octanol–water partition coefficient (Wildman–Crippen LogP) is 2.55. The first-order valence-corrected chi connectivity index (χ1v) is 5.44. The number of halogens is 2. The Morgan fingerprint density at radius 2 is 2.31 bits per heavy atom. The Labute approximate surface area is 98.8 Å². The molecule has 1 amide bonds. The third-order valence-electron chi connectivity index (χ3n) is 2.15. The highest BCUT2D eigenvalue weighted by Crippen LogP contribution is 2.24. The summed E-state index contributed by atoms with van der Waals surface area (Å²) in [6.45, 7) is 1.92. The molecule has 1 aromatic rings. The van der Waals surface area contributed by atoms with Crippen LogP contribution in [0.2, 0.25) is 5.02 Å². The van der Waals surface area contributed by atoms with Gasteiger partial charge in [-0.3, -0.25) is 4.79 Å². The minimum Gasteiger partial charge on any atom is -0.321 e. The number of anilines is 1. The third kappa shape index (κ3) is 3.18. The summed E-state index contributed by atoms with van der Waals surface area (Å²) >= 11 is 5.76. The highest BCUT2D eigenvalue weighted by atomic mass is 35.5. The van der Waals surface area contributed by atoms with Crippen LogP contribution in [0.3, 0.4) is 0 Å². The largest absolute Gasteiger partial charge is 0.321 e. The summed E-state index contributed by atoms with van der Waals surface area (Å²) in [4.78, 5) is 11.5. The molecule has 0 saturated carbocycles. The van der Waals surface area contributed by atoms with Gasteiger partial charge in [0.05, 0.1) is 16.8 Å². The van der Waals surface area contributed by atoms with Gasteiger partial charge in [-0.2, -0.15) is 0 Å². The normalized spacial score (nSPS) is 12.2. The van der Waals surface area contributed by atoms with Crippen molar-refractivity contribution < 1.29 is 9.18 Å². The number of carbonyl (C=O) groups excluding carboxylic acids is 1. The van der Waals surface area contributed by atoms with Gasteiger partial charge in [0.1, 0.15) is 5.82 Å². The third-order valence-corrected chi connectivity index (χ3v) is 2.46. The lowest BCUT2D eigenvalue weighted by atomic mass is 10.1. The second kappa shape index (κ2) is 5.82. The molecule has 1 aromatic carbocycles. The average molecular weight is 245 g/mol. The molecule has 1 rings (SSSR count). The average Bonchev–Trinajstić information content (AvgIpc) is 2.23. The maximum atomic E-state index is 13.3. The fraction of sp³-hybridized carbons (Fsp3) is 0.364. The Bertz CT molecular complexity index is 364. The number of benzene rings is 1. The van der Waals surface area contributed by atoms with Gasteiger partial charge < -0.3 is 11.1 Å². The van der Waals surface area contributed by atoms with Crippen LogP contribution in [0.5, 0.6) is 0 Å². The molecule has 0 spiro atoms. The van der Waals surface area contributed by atoms with E-state index in [1.165, 1.54) is 18.2 Å². The zero-order valence-electron chi connectivity index (χ0n) is 8.97. The Morgan fingerprint density at radius 1 is 1.62 bits per heavy atom. The molecule has 0 heterocycles. The number of hydrogen-bond donors (Lipinski definition) is 2. The Morgan fingerprint density at radius 3 is 2.88 bits per heavy atom. The minimum atomic E-state index is -0.638. The number of carbonyl (C=O) groups is 1. The molecule has 16 heavy (non-hydrogen) atoms. The van der Waals surface area contributed by atoms with Crippen molar-refractivity contribution in [2.45, 2.75) is 25.8 Å². The van der Waals surface area contributed by atoms with E-state index >= 15 is 0 Å². The molecule has 5 heteroatoms. The number of rotatable bonds is 4. The first-order chi connectivity index (χ1) is 7.56. The van der Waals surface area contributed by atoms with Crippen LogP contribution in [0.25, 0.3) is 0 Å². The summed E-state index contributed by atoms with van der Waals surface area (Å²) in [6.07, 6.45) is 1.34. The van der Waals surface area contributed by atoms with Crippen molar-refractivity contribution in [2.75, 3.05) is 5.32 Å². The Hall–Kier alpha value is -1.13. The van der Waals surface area contributed by atoms with E-state index in [-0.39, 0.29) is 10.7 Å². The van der Waals surface area contributed by atoms with Crippen molar-refractivity contribution in [3.05, 3.63) is 29.0 Å². The van der Waals surface area contributed by atoms with E-state index in [0.29, 0.717) is 6.42 Å². The van der Waals surface area contributed by atoms with Crippen molar-refractivity contribution >= 4 is 23.2 Å². The molecule has 3 N–H and O–H groups in total. The molecular formula is C11H14ClFN2O. The molecule has 0 fully saturated rings. The van der Waals surface area contributed by atoms with Gasteiger partial charge in [-0.15, -0.1) is 0 Å².